The number of methoxy groups -OCH3 is 1. The van der Waals surface area contributed by atoms with Crippen LogP contribution in [0.2, 0.25) is 0 Å². The molecule has 0 amide bonds. The Balaban J connectivity index is 3.39. The molecule has 98 valence electrons. The molecule has 0 saturated carbocycles. The van der Waals surface area contributed by atoms with Gasteiger partial charge >= 0.3 is 17.8 Å². The van der Waals surface area contributed by atoms with Crippen molar-refractivity contribution in [3.05, 3.63) is 21.9 Å². The van der Waals surface area contributed by atoms with E-state index in [1.807, 2.05) is 0 Å². The second-order valence-corrected chi connectivity index (χ2v) is 3.92. The maximum atomic E-state index is 11.3. The molecule has 0 aromatic carbocycles. The molecule has 0 saturated heterocycles. The Morgan fingerprint density at radius 3 is 2.50 bits per heavy atom. The lowest BCUT2D eigenvalue weighted by Crippen LogP contribution is -2.36. The molecular formula is C9H11N3O6. The van der Waals surface area contributed by atoms with Crippen molar-refractivity contribution in [3.63, 3.8) is 0 Å². The van der Waals surface area contributed by atoms with Crippen molar-refractivity contribution in [2.75, 3.05) is 7.11 Å². The Kier molecular flexibility index (Phi) is 3.35. The molecule has 0 fully saturated rings. The van der Waals surface area contributed by atoms with Crippen molar-refractivity contribution < 1.29 is 24.4 Å². The summed E-state index contributed by atoms with van der Waals surface area (Å²) in [6.07, 6.45) is 0.984. The van der Waals surface area contributed by atoms with Crippen LogP contribution in [0.25, 0.3) is 0 Å². The quantitative estimate of drug-likeness (QED) is 0.470. The molecule has 1 aromatic heterocycles. The van der Waals surface area contributed by atoms with E-state index in [1.165, 1.54) is 13.8 Å². The Morgan fingerprint density at radius 2 is 2.11 bits per heavy atom. The third-order valence-electron chi connectivity index (χ3n) is 2.37. The fourth-order valence-corrected chi connectivity index (χ4v) is 1.14. The first-order valence-electron chi connectivity index (χ1n) is 4.78. The van der Waals surface area contributed by atoms with Crippen LogP contribution in [0.15, 0.2) is 6.20 Å². The zero-order valence-electron chi connectivity index (χ0n) is 9.91. The number of nitrogens with zero attached hydrogens (tertiary/aromatic N) is 3. The molecule has 9 nitrogen and oxygen atoms in total. The first-order chi connectivity index (χ1) is 8.21. The van der Waals surface area contributed by atoms with E-state index in [4.69, 9.17) is 5.11 Å². The average molecular weight is 257 g/mol. The van der Waals surface area contributed by atoms with Crippen molar-refractivity contribution in [3.8, 4) is 0 Å². The molecule has 0 bridgehead atoms. The smallest absolute Gasteiger partial charge is 0.404 e. The molecule has 1 aromatic rings. The van der Waals surface area contributed by atoms with Gasteiger partial charge in [-0.3, -0.25) is 0 Å². The lowest BCUT2D eigenvalue weighted by atomic mass is 10.1. The van der Waals surface area contributed by atoms with Crippen LogP contribution in [0.5, 0.6) is 0 Å². The summed E-state index contributed by atoms with van der Waals surface area (Å²) in [4.78, 5) is 32.2. The fourth-order valence-electron chi connectivity index (χ4n) is 1.14. The molecule has 1 N–H and O–H groups in total. The number of carbonyl (C=O) groups excluding carboxylic acids is 1. The molecule has 0 aliphatic heterocycles. The third-order valence-corrected chi connectivity index (χ3v) is 2.37. The summed E-state index contributed by atoms with van der Waals surface area (Å²) >= 11 is 0. The molecule has 0 radical (unpaired) electrons. The highest BCUT2D eigenvalue weighted by atomic mass is 16.6. The minimum atomic E-state index is -1.52. The summed E-state index contributed by atoms with van der Waals surface area (Å²) in [6, 6.07) is 0. The van der Waals surface area contributed by atoms with Gasteiger partial charge in [-0.15, -0.1) is 0 Å². The summed E-state index contributed by atoms with van der Waals surface area (Å²) < 4.78 is 5.22. The van der Waals surface area contributed by atoms with Crippen LogP contribution in [0.3, 0.4) is 0 Å². The number of carboxylic acid groups (broad SMARTS) is 1. The topological polar surface area (TPSA) is 125 Å². The van der Waals surface area contributed by atoms with Gasteiger partial charge in [-0.05, 0) is 18.8 Å². The number of aromatic nitrogens is 2. The number of aliphatic carboxylic acids is 1. The second kappa shape index (κ2) is 4.43. The minimum Gasteiger partial charge on any atom is -0.479 e. The van der Waals surface area contributed by atoms with Crippen LogP contribution >= 0.6 is 0 Å². The van der Waals surface area contributed by atoms with Crippen molar-refractivity contribution in [1.29, 1.82) is 0 Å². The second-order valence-electron chi connectivity index (χ2n) is 3.92. The molecular weight excluding hydrogens is 246 g/mol. The Morgan fingerprint density at radius 1 is 1.56 bits per heavy atom. The largest absolute Gasteiger partial charge is 0.479 e. The van der Waals surface area contributed by atoms with Crippen molar-refractivity contribution in [2.24, 2.45) is 0 Å². The number of hydrogen-bond acceptors (Lipinski definition) is 6. The molecule has 1 heterocycles. The number of carboxylic acids is 1. The van der Waals surface area contributed by atoms with Gasteiger partial charge in [0.25, 0.3) is 0 Å². The van der Waals surface area contributed by atoms with Crippen molar-refractivity contribution in [2.45, 2.75) is 19.4 Å². The third kappa shape index (κ3) is 2.14. The summed E-state index contributed by atoms with van der Waals surface area (Å²) in [5, 5.41) is 23.2. The highest BCUT2D eigenvalue weighted by molar-refractivity contribution is 5.93. The Labute approximate surface area is 101 Å². The van der Waals surface area contributed by atoms with Gasteiger partial charge in [-0.2, -0.15) is 4.68 Å². The van der Waals surface area contributed by atoms with E-state index in [1.54, 1.807) is 0 Å². The van der Waals surface area contributed by atoms with E-state index >= 15 is 0 Å². The molecule has 0 atom stereocenters. The van der Waals surface area contributed by atoms with Crippen LogP contribution in [-0.4, -0.2) is 38.9 Å². The van der Waals surface area contributed by atoms with Crippen LogP contribution < -0.4 is 0 Å². The normalized spacial score (nSPS) is 11.1. The number of carbonyl (C=O) groups is 2. The maximum absolute atomic E-state index is 11.3. The van der Waals surface area contributed by atoms with Crippen molar-refractivity contribution >= 4 is 17.8 Å². The monoisotopic (exact) mass is 257 g/mol. The number of hydrogen-bond donors (Lipinski definition) is 1. The van der Waals surface area contributed by atoms with E-state index in [0.29, 0.717) is 0 Å². The maximum Gasteiger partial charge on any atom is 0.404 e. The van der Waals surface area contributed by atoms with E-state index in [0.717, 1.165) is 18.0 Å². The number of ether oxygens (including phenoxy) is 1. The van der Waals surface area contributed by atoms with E-state index < -0.39 is 33.8 Å². The van der Waals surface area contributed by atoms with Gasteiger partial charge in [0.05, 0.1) is 18.4 Å². The van der Waals surface area contributed by atoms with Gasteiger partial charge < -0.3 is 20.0 Å². The zero-order chi connectivity index (χ0) is 14.1. The van der Waals surface area contributed by atoms with E-state index in [9.17, 15) is 19.7 Å². The van der Waals surface area contributed by atoms with Gasteiger partial charge in [-0.25, -0.2) is 9.59 Å². The summed E-state index contributed by atoms with van der Waals surface area (Å²) in [7, 11) is 1.06. The Hall–Kier alpha value is -2.45. The molecule has 0 aliphatic rings. The van der Waals surface area contributed by atoms with E-state index in [2.05, 4.69) is 9.84 Å². The van der Waals surface area contributed by atoms with Gasteiger partial charge in [-0.1, -0.05) is 0 Å². The molecule has 0 spiro atoms. The SMILES string of the molecule is COC(=O)c1cn(C(C)(C)C(=O)O)nc1[N+](=O)[O-]. The zero-order valence-corrected chi connectivity index (χ0v) is 9.91. The molecule has 18 heavy (non-hydrogen) atoms. The van der Waals surface area contributed by atoms with Crippen LogP contribution in [-0.2, 0) is 15.1 Å². The Bertz CT molecular complexity index is 518. The van der Waals surface area contributed by atoms with Crippen LogP contribution in [0, 0.1) is 10.1 Å². The van der Waals surface area contributed by atoms with Gasteiger partial charge in [0, 0.05) is 0 Å². The van der Waals surface area contributed by atoms with Crippen molar-refractivity contribution in [1.82, 2.24) is 9.78 Å². The van der Waals surface area contributed by atoms with Crippen LogP contribution in [0.4, 0.5) is 5.82 Å². The highest BCUT2D eigenvalue weighted by Crippen LogP contribution is 2.22. The highest BCUT2D eigenvalue weighted by Gasteiger charge is 2.38. The predicted octanol–water partition coefficient (Wildman–Crippen LogP) is 0.398. The van der Waals surface area contributed by atoms with Crippen LogP contribution in [0.1, 0.15) is 24.2 Å². The fraction of sp³-hybridized carbons (Fsp3) is 0.444. The molecule has 1 rings (SSSR count). The lowest BCUT2D eigenvalue weighted by molar-refractivity contribution is -0.390. The van der Waals surface area contributed by atoms with E-state index in [-0.39, 0.29) is 0 Å². The predicted molar refractivity (Wildman–Crippen MR) is 57.2 cm³/mol. The van der Waals surface area contributed by atoms with Gasteiger partial charge in [0.15, 0.2) is 11.1 Å². The standard InChI is InChI=1S/C9H11N3O6/c1-9(2,8(14)15)11-4-5(7(13)18-3)6(10-11)12(16)17/h4H,1-3H3,(H,14,15). The molecule has 9 heteroatoms. The minimum absolute atomic E-state index is 0.392. The average Bonchev–Trinajstić information content (AvgIpc) is 2.73. The number of rotatable bonds is 4. The molecule has 0 unspecified atom stereocenters. The first-order valence-corrected chi connectivity index (χ1v) is 4.78. The summed E-state index contributed by atoms with van der Waals surface area (Å²) in [6.45, 7) is 2.60. The summed E-state index contributed by atoms with van der Waals surface area (Å²) in [5.74, 6) is -2.93. The number of nitro groups is 1. The first kappa shape index (κ1) is 13.6. The molecule has 0 aliphatic carbocycles. The van der Waals surface area contributed by atoms with Gasteiger partial charge in [0.2, 0.25) is 0 Å². The van der Waals surface area contributed by atoms with Gasteiger partial charge in [0.1, 0.15) is 0 Å². The number of esters is 1. The summed E-state index contributed by atoms with van der Waals surface area (Å²) in [5.41, 5.74) is -1.91. The lowest BCUT2D eigenvalue weighted by Gasteiger charge is -2.15.